The second-order valence-electron chi connectivity index (χ2n) is 8.68. The lowest BCUT2D eigenvalue weighted by Crippen LogP contribution is -2.32. The lowest BCUT2D eigenvalue weighted by atomic mass is 9.86. The number of aromatic nitrogens is 2. The van der Waals surface area contributed by atoms with E-state index in [4.69, 9.17) is 10.5 Å². The van der Waals surface area contributed by atoms with Crippen molar-refractivity contribution in [2.45, 2.75) is 57.0 Å². The number of fused-ring (bicyclic) bond motifs is 2. The maximum Gasteiger partial charge on any atom is 0.349 e. The number of benzene rings is 1. The standard InChI is InChI=1S/C22H29N5O2/c23-17-4-1-14(2-5-17)12-27-13-20-21(26-22(27)28)25-18-11-16(3-6-19(18)29-20)15-7-9-24-10-8-15/h3,6,11,13-15,17,24H,1-2,4-5,7-10,12,23H2,(H,25,26,28). The fourth-order valence-electron chi connectivity index (χ4n) is 4.81. The van der Waals surface area contributed by atoms with Gasteiger partial charge in [-0.25, -0.2) is 4.79 Å². The Bertz CT molecular complexity index is 943. The Morgan fingerprint density at radius 2 is 1.90 bits per heavy atom. The molecule has 2 aromatic rings. The molecular weight excluding hydrogens is 366 g/mol. The van der Waals surface area contributed by atoms with Crippen molar-refractivity contribution in [3.63, 3.8) is 0 Å². The van der Waals surface area contributed by atoms with E-state index in [1.54, 1.807) is 10.8 Å². The average molecular weight is 396 g/mol. The van der Waals surface area contributed by atoms with Crippen molar-refractivity contribution in [1.29, 1.82) is 0 Å². The number of nitrogens with two attached hydrogens (primary N) is 1. The van der Waals surface area contributed by atoms with Crippen molar-refractivity contribution < 1.29 is 4.74 Å². The van der Waals surface area contributed by atoms with Crippen molar-refractivity contribution in [2.24, 2.45) is 11.7 Å². The average Bonchev–Trinajstić information content (AvgIpc) is 2.75. The van der Waals surface area contributed by atoms with Crippen LogP contribution in [-0.2, 0) is 6.54 Å². The normalized spacial score (nSPS) is 24.2. The van der Waals surface area contributed by atoms with Crippen LogP contribution in [0.3, 0.4) is 0 Å². The topological polar surface area (TPSA) is 94.2 Å². The van der Waals surface area contributed by atoms with Crippen LogP contribution >= 0.6 is 0 Å². The Morgan fingerprint density at radius 3 is 2.69 bits per heavy atom. The van der Waals surface area contributed by atoms with Gasteiger partial charge in [-0.15, -0.1) is 0 Å². The zero-order chi connectivity index (χ0) is 19.8. The summed E-state index contributed by atoms with van der Waals surface area (Å²) in [6.45, 7) is 2.79. The van der Waals surface area contributed by atoms with E-state index in [2.05, 4.69) is 27.8 Å². The van der Waals surface area contributed by atoms with Gasteiger partial charge in [0.05, 0.1) is 11.9 Å². The van der Waals surface area contributed by atoms with Gasteiger partial charge in [0.15, 0.2) is 17.3 Å². The maximum atomic E-state index is 12.6. The molecular formula is C22H29N5O2. The number of nitrogens with one attached hydrogen (secondary N) is 2. The first-order chi connectivity index (χ1) is 14.2. The largest absolute Gasteiger partial charge is 0.450 e. The zero-order valence-electron chi connectivity index (χ0n) is 16.7. The van der Waals surface area contributed by atoms with Crippen LogP contribution in [-0.4, -0.2) is 28.7 Å². The molecule has 154 valence electrons. The van der Waals surface area contributed by atoms with E-state index in [0.717, 1.165) is 63.1 Å². The van der Waals surface area contributed by atoms with Crippen molar-refractivity contribution in [2.75, 3.05) is 18.4 Å². The number of piperidine rings is 1. The molecule has 29 heavy (non-hydrogen) atoms. The summed E-state index contributed by atoms with van der Waals surface area (Å²) in [7, 11) is 0. The van der Waals surface area contributed by atoms with Gasteiger partial charge in [0, 0.05) is 12.6 Å². The Kier molecular flexibility index (Phi) is 5.01. The summed E-state index contributed by atoms with van der Waals surface area (Å²) < 4.78 is 7.80. The summed E-state index contributed by atoms with van der Waals surface area (Å²) in [6, 6.07) is 6.65. The van der Waals surface area contributed by atoms with Gasteiger partial charge < -0.3 is 21.1 Å². The zero-order valence-corrected chi connectivity index (χ0v) is 16.7. The van der Waals surface area contributed by atoms with Crippen LogP contribution in [0.5, 0.6) is 11.5 Å². The summed E-state index contributed by atoms with van der Waals surface area (Å²) in [5.41, 5.74) is 7.98. The molecule has 3 heterocycles. The third-order valence-electron chi connectivity index (χ3n) is 6.59. The van der Waals surface area contributed by atoms with Gasteiger partial charge in [0.1, 0.15) is 0 Å². The van der Waals surface area contributed by atoms with Crippen LogP contribution < -0.4 is 26.8 Å². The van der Waals surface area contributed by atoms with Gasteiger partial charge in [-0.2, -0.15) is 4.98 Å². The third kappa shape index (κ3) is 3.89. The number of rotatable bonds is 3. The number of nitrogens with zero attached hydrogens (tertiary/aromatic N) is 2. The molecule has 4 N–H and O–H groups in total. The van der Waals surface area contributed by atoms with Gasteiger partial charge in [0.2, 0.25) is 0 Å². The first kappa shape index (κ1) is 18.6. The summed E-state index contributed by atoms with van der Waals surface area (Å²) in [5.74, 6) is 2.94. The van der Waals surface area contributed by atoms with E-state index in [1.807, 2.05) is 6.07 Å². The molecule has 0 bridgehead atoms. The minimum absolute atomic E-state index is 0.229. The van der Waals surface area contributed by atoms with Crippen LogP contribution in [0.1, 0.15) is 50.0 Å². The molecule has 0 amide bonds. The van der Waals surface area contributed by atoms with Crippen LogP contribution in [0.2, 0.25) is 0 Å². The van der Waals surface area contributed by atoms with E-state index in [0.29, 0.717) is 36.0 Å². The molecule has 1 saturated carbocycles. The molecule has 1 aromatic heterocycles. The van der Waals surface area contributed by atoms with E-state index < -0.39 is 0 Å². The molecule has 0 atom stereocenters. The Labute approximate surface area is 170 Å². The predicted octanol–water partition coefficient (Wildman–Crippen LogP) is 3.08. The summed E-state index contributed by atoms with van der Waals surface area (Å²) in [4.78, 5) is 16.9. The highest BCUT2D eigenvalue weighted by atomic mass is 16.5. The number of anilines is 2. The molecule has 7 heteroatoms. The fraction of sp³-hybridized carbons (Fsp3) is 0.545. The first-order valence-corrected chi connectivity index (χ1v) is 10.8. The smallest absolute Gasteiger partial charge is 0.349 e. The quantitative estimate of drug-likeness (QED) is 0.631. The molecule has 3 aliphatic rings. The van der Waals surface area contributed by atoms with Gasteiger partial charge in [0.25, 0.3) is 0 Å². The molecule has 5 rings (SSSR count). The molecule has 1 aromatic carbocycles. The first-order valence-electron chi connectivity index (χ1n) is 10.8. The second-order valence-corrected chi connectivity index (χ2v) is 8.68. The number of ether oxygens (including phenoxy) is 1. The molecule has 0 unspecified atom stereocenters. The molecule has 2 fully saturated rings. The van der Waals surface area contributed by atoms with Crippen molar-refractivity contribution in [1.82, 2.24) is 14.9 Å². The molecule has 7 nitrogen and oxygen atoms in total. The summed E-state index contributed by atoms with van der Waals surface area (Å²) in [6.07, 6.45) is 8.27. The molecule has 2 aliphatic heterocycles. The molecule has 1 aliphatic carbocycles. The molecule has 0 spiro atoms. The molecule has 0 radical (unpaired) electrons. The van der Waals surface area contributed by atoms with Gasteiger partial charge >= 0.3 is 5.69 Å². The van der Waals surface area contributed by atoms with E-state index in [9.17, 15) is 4.79 Å². The van der Waals surface area contributed by atoms with Crippen LogP contribution in [0.15, 0.2) is 29.2 Å². The van der Waals surface area contributed by atoms with Gasteiger partial charge in [-0.1, -0.05) is 6.07 Å². The highest BCUT2D eigenvalue weighted by molar-refractivity contribution is 5.73. The second kappa shape index (κ2) is 7.80. The SMILES string of the molecule is NC1CCC(Cn2cc3c(nc2=O)Nc2cc(C4CCNCC4)ccc2O3)CC1. The third-order valence-corrected chi connectivity index (χ3v) is 6.59. The van der Waals surface area contributed by atoms with Crippen LogP contribution in [0, 0.1) is 5.92 Å². The monoisotopic (exact) mass is 395 g/mol. The highest BCUT2D eigenvalue weighted by Crippen LogP contribution is 2.42. The van der Waals surface area contributed by atoms with E-state index in [1.165, 1.54) is 5.56 Å². The fourth-order valence-corrected chi connectivity index (χ4v) is 4.81. The van der Waals surface area contributed by atoms with Gasteiger partial charge in [-0.3, -0.25) is 4.57 Å². The Hall–Kier alpha value is -2.38. The predicted molar refractivity (Wildman–Crippen MR) is 113 cm³/mol. The Balaban J connectivity index is 1.35. The lowest BCUT2D eigenvalue weighted by molar-refractivity contribution is 0.289. The Morgan fingerprint density at radius 1 is 1.10 bits per heavy atom. The summed E-state index contributed by atoms with van der Waals surface area (Å²) >= 11 is 0. The van der Waals surface area contributed by atoms with E-state index >= 15 is 0 Å². The highest BCUT2D eigenvalue weighted by Gasteiger charge is 2.24. The minimum Gasteiger partial charge on any atom is -0.450 e. The van der Waals surface area contributed by atoms with Crippen molar-refractivity contribution in [3.8, 4) is 11.5 Å². The number of hydrogen-bond donors (Lipinski definition) is 3. The summed E-state index contributed by atoms with van der Waals surface area (Å²) in [5, 5.41) is 6.72. The van der Waals surface area contributed by atoms with Crippen molar-refractivity contribution >= 4 is 11.5 Å². The minimum atomic E-state index is -0.229. The number of hydrogen-bond acceptors (Lipinski definition) is 6. The van der Waals surface area contributed by atoms with Crippen LogP contribution in [0.25, 0.3) is 0 Å². The van der Waals surface area contributed by atoms with Gasteiger partial charge in [-0.05, 0) is 81.1 Å². The van der Waals surface area contributed by atoms with Crippen LogP contribution in [0.4, 0.5) is 11.5 Å². The lowest BCUT2D eigenvalue weighted by Gasteiger charge is -2.28. The molecule has 1 saturated heterocycles. The van der Waals surface area contributed by atoms with E-state index in [-0.39, 0.29) is 5.69 Å². The van der Waals surface area contributed by atoms with Crippen molar-refractivity contribution in [3.05, 3.63) is 40.4 Å². The maximum absolute atomic E-state index is 12.6.